The molecule has 0 bridgehead atoms. The number of hydrogen-bond acceptors (Lipinski definition) is 3. The molecule has 1 heterocycles. The van der Waals surface area contributed by atoms with Crippen molar-refractivity contribution in [2.24, 2.45) is 0 Å². The first-order chi connectivity index (χ1) is 7.39. The van der Waals surface area contributed by atoms with Crippen LogP contribution in [-0.2, 0) is 16.0 Å². The second-order valence-corrected chi connectivity index (χ2v) is 3.98. The third-order valence-corrected chi connectivity index (χ3v) is 2.50. The van der Waals surface area contributed by atoms with Gasteiger partial charge in [-0.2, -0.15) is 13.2 Å². The molecule has 0 N–H and O–H groups in total. The third kappa shape index (κ3) is 4.06. The van der Waals surface area contributed by atoms with Crippen molar-refractivity contribution >= 4 is 17.3 Å². The zero-order valence-electron chi connectivity index (χ0n) is 8.38. The van der Waals surface area contributed by atoms with Crippen LogP contribution in [0.3, 0.4) is 0 Å². The minimum Gasteiger partial charge on any atom is -0.422 e. The lowest BCUT2D eigenvalue weighted by Gasteiger charge is -2.10. The highest BCUT2D eigenvalue weighted by Crippen LogP contribution is 2.27. The molecule has 0 aliphatic rings. The predicted molar refractivity (Wildman–Crippen MR) is 53.9 cm³/mol. The molecule has 2 nitrogen and oxygen atoms in total. The van der Waals surface area contributed by atoms with E-state index in [4.69, 9.17) is 0 Å². The molecule has 0 fully saturated rings. The Hall–Kier alpha value is -1.30. The van der Waals surface area contributed by atoms with E-state index in [-0.39, 0.29) is 6.42 Å². The van der Waals surface area contributed by atoms with Gasteiger partial charge in [0, 0.05) is 18.2 Å². The van der Waals surface area contributed by atoms with Crippen molar-refractivity contribution < 1.29 is 22.7 Å². The van der Waals surface area contributed by atoms with Gasteiger partial charge in [-0.15, -0.1) is 11.3 Å². The number of esters is 1. The molecule has 0 saturated heterocycles. The molecule has 1 aromatic rings. The lowest BCUT2D eigenvalue weighted by Crippen LogP contribution is -2.17. The number of alkyl halides is 3. The van der Waals surface area contributed by atoms with Gasteiger partial charge in [-0.25, -0.2) is 0 Å². The van der Waals surface area contributed by atoms with Crippen molar-refractivity contribution in [2.75, 3.05) is 0 Å². The number of thiophene rings is 1. The molecule has 0 aromatic carbocycles. The van der Waals surface area contributed by atoms with Gasteiger partial charge >= 0.3 is 12.1 Å². The first-order valence-electron chi connectivity index (χ1n) is 4.37. The van der Waals surface area contributed by atoms with E-state index in [2.05, 4.69) is 4.74 Å². The zero-order valence-corrected chi connectivity index (χ0v) is 9.19. The monoisotopic (exact) mass is 250 g/mol. The summed E-state index contributed by atoms with van der Waals surface area (Å²) >= 11 is 1.34. The molecular weight excluding hydrogens is 241 g/mol. The number of halogens is 3. The molecule has 0 radical (unpaired) electrons. The van der Waals surface area contributed by atoms with Crippen molar-refractivity contribution in [1.29, 1.82) is 0 Å². The first kappa shape index (κ1) is 12.8. The molecule has 6 heteroatoms. The lowest BCUT2D eigenvalue weighted by molar-refractivity contribution is -0.158. The molecule has 0 saturated carbocycles. The summed E-state index contributed by atoms with van der Waals surface area (Å²) in [5, 5.41) is 1.77. The van der Waals surface area contributed by atoms with Crippen LogP contribution in [0.5, 0.6) is 0 Å². The van der Waals surface area contributed by atoms with Gasteiger partial charge < -0.3 is 4.74 Å². The fourth-order valence-electron chi connectivity index (χ4n) is 0.992. The average Bonchev–Trinajstić information content (AvgIpc) is 2.62. The summed E-state index contributed by atoms with van der Waals surface area (Å²) in [4.78, 5) is 11.3. The minimum atomic E-state index is -4.64. The topological polar surface area (TPSA) is 26.3 Å². The quantitative estimate of drug-likeness (QED) is 0.607. The van der Waals surface area contributed by atoms with Crippen molar-refractivity contribution in [3.63, 3.8) is 0 Å². The molecule has 16 heavy (non-hydrogen) atoms. The molecule has 0 unspecified atom stereocenters. The van der Waals surface area contributed by atoms with Gasteiger partial charge in [0.25, 0.3) is 0 Å². The third-order valence-electron chi connectivity index (χ3n) is 1.60. The van der Waals surface area contributed by atoms with Crippen LogP contribution in [0, 0.1) is 0 Å². The van der Waals surface area contributed by atoms with Crippen molar-refractivity contribution in [3.8, 4) is 0 Å². The number of hydrogen-bond donors (Lipinski definition) is 0. The maximum atomic E-state index is 12.4. The Morgan fingerprint density at radius 2 is 2.25 bits per heavy atom. The largest absolute Gasteiger partial charge is 0.449 e. The summed E-state index contributed by atoms with van der Waals surface area (Å²) in [6.07, 6.45) is -3.67. The van der Waals surface area contributed by atoms with E-state index in [0.29, 0.717) is 0 Å². The Morgan fingerprint density at radius 3 is 2.69 bits per heavy atom. The Morgan fingerprint density at radius 1 is 1.56 bits per heavy atom. The lowest BCUT2D eigenvalue weighted by atomic mass is 10.3. The Bertz CT molecular complexity index is 379. The van der Waals surface area contributed by atoms with Gasteiger partial charge in [0.2, 0.25) is 5.76 Å². The van der Waals surface area contributed by atoms with E-state index in [1.165, 1.54) is 11.3 Å². The molecule has 0 amide bonds. The average molecular weight is 250 g/mol. The Balaban J connectivity index is 2.76. The summed E-state index contributed by atoms with van der Waals surface area (Å²) in [5.41, 5.74) is 0. The number of allylic oxidation sites excluding steroid dienone is 2. The first-order valence-corrected chi connectivity index (χ1v) is 5.25. The van der Waals surface area contributed by atoms with Crippen LogP contribution in [0.2, 0.25) is 0 Å². The second-order valence-electron chi connectivity index (χ2n) is 2.94. The van der Waals surface area contributed by atoms with Gasteiger partial charge in [-0.3, -0.25) is 4.79 Å². The normalized spacial score (nSPS) is 12.6. The standard InChI is InChI=1S/C10H9F3O2S/c1-7(14)15-9(10(11,12)13)5-4-8-3-2-6-16-8/h2-3,5-6H,4H2,1H3. The van der Waals surface area contributed by atoms with Gasteiger partial charge in [0.05, 0.1) is 0 Å². The maximum absolute atomic E-state index is 12.4. The molecule has 1 rings (SSSR count). The van der Waals surface area contributed by atoms with E-state index in [1.807, 2.05) is 0 Å². The molecule has 0 atom stereocenters. The number of carbonyl (C=O) groups excluding carboxylic acids is 1. The summed E-state index contributed by atoms with van der Waals surface area (Å²) in [7, 11) is 0. The van der Waals surface area contributed by atoms with Crippen LogP contribution < -0.4 is 0 Å². The summed E-state index contributed by atoms with van der Waals surface area (Å²) in [6.45, 7) is 0.935. The number of rotatable bonds is 3. The van der Waals surface area contributed by atoms with E-state index in [9.17, 15) is 18.0 Å². The summed E-state index contributed by atoms with van der Waals surface area (Å²) in [6, 6.07) is 3.45. The second kappa shape index (κ2) is 5.16. The molecule has 0 spiro atoms. The fourth-order valence-corrected chi connectivity index (χ4v) is 1.66. The van der Waals surface area contributed by atoms with E-state index >= 15 is 0 Å². The van der Waals surface area contributed by atoms with Gasteiger partial charge in [0.15, 0.2) is 0 Å². The summed E-state index contributed by atoms with van der Waals surface area (Å²) < 4.78 is 41.2. The van der Waals surface area contributed by atoms with Crippen molar-refractivity contribution in [1.82, 2.24) is 0 Å². The van der Waals surface area contributed by atoms with Crippen molar-refractivity contribution in [3.05, 3.63) is 34.2 Å². The van der Waals surface area contributed by atoms with E-state index in [0.717, 1.165) is 17.9 Å². The van der Waals surface area contributed by atoms with Crippen LogP contribution in [0.4, 0.5) is 13.2 Å². The van der Waals surface area contributed by atoms with Gasteiger partial charge in [-0.05, 0) is 17.5 Å². The highest BCUT2D eigenvalue weighted by atomic mass is 32.1. The zero-order chi connectivity index (χ0) is 12.2. The van der Waals surface area contributed by atoms with Gasteiger partial charge in [0.1, 0.15) is 0 Å². The van der Waals surface area contributed by atoms with E-state index in [1.54, 1.807) is 17.5 Å². The number of carbonyl (C=O) groups is 1. The number of ether oxygens (including phenoxy) is 1. The maximum Gasteiger partial charge on any atom is 0.449 e. The van der Waals surface area contributed by atoms with Crippen molar-refractivity contribution in [2.45, 2.75) is 19.5 Å². The highest BCUT2D eigenvalue weighted by molar-refractivity contribution is 7.09. The Kier molecular flexibility index (Phi) is 4.12. The molecule has 1 aromatic heterocycles. The molecular formula is C10H9F3O2S. The smallest absolute Gasteiger partial charge is 0.422 e. The SMILES string of the molecule is CC(=O)OC(=CCc1cccs1)C(F)(F)F. The van der Waals surface area contributed by atoms with E-state index < -0.39 is 17.9 Å². The van der Waals surface area contributed by atoms with Crippen LogP contribution in [-0.4, -0.2) is 12.1 Å². The molecule has 0 aliphatic carbocycles. The highest BCUT2D eigenvalue weighted by Gasteiger charge is 2.36. The van der Waals surface area contributed by atoms with Crippen LogP contribution in [0.1, 0.15) is 11.8 Å². The molecule has 0 aliphatic heterocycles. The van der Waals surface area contributed by atoms with Gasteiger partial charge in [-0.1, -0.05) is 6.07 Å². The predicted octanol–water partition coefficient (Wildman–Crippen LogP) is 3.30. The minimum absolute atomic E-state index is 0.0970. The van der Waals surface area contributed by atoms with Crippen LogP contribution in [0.15, 0.2) is 29.3 Å². The Labute approximate surface area is 94.3 Å². The fraction of sp³-hybridized carbons (Fsp3) is 0.300. The summed E-state index contributed by atoms with van der Waals surface area (Å²) in [5.74, 6) is -2.23. The van der Waals surface area contributed by atoms with Crippen LogP contribution >= 0.6 is 11.3 Å². The molecule has 88 valence electrons. The van der Waals surface area contributed by atoms with Crippen LogP contribution in [0.25, 0.3) is 0 Å².